The molecule has 31 heavy (non-hydrogen) atoms. The second-order valence-corrected chi connectivity index (χ2v) is 7.74. The van der Waals surface area contributed by atoms with Gasteiger partial charge in [0.15, 0.2) is 0 Å². The molecular formula is C26H19N3O2. The number of rotatable bonds is 2. The van der Waals surface area contributed by atoms with E-state index in [-0.39, 0.29) is 12.0 Å². The quantitative estimate of drug-likeness (QED) is 0.565. The van der Waals surface area contributed by atoms with E-state index in [0.717, 1.165) is 22.4 Å². The molecule has 0 spiro atoms. The number of nitriles is 2. The molecule has 5 nitrogen and oxygen atoms in total. The van der Waals surface area contributed by atoms with Crippen LogP contribution in [-0.2, 0) is 11.3 Å². The average Bonchev–Trinajstić information content (AvgIpc) is 2.83. The minimum Gasteiger partial charge on any atom is -0.489 e. The molecule has 2 unspecified atom stereocenters. The lowest BCUT2D eigenvalue weighted by Gasteiger charge is -2.36. The van der Waals surface area contributed by atoms with Crippen molar-refractivity contribution in [1.82, 2.24) is 0 Å². The molecule has 150 valence electrons. The monoisotopic (exact) mass is 405 g/mol. The second kappa shape index (κ2) is 8.07. The first-order valence-electron chi connectivity index (χ1n) is 10.2. The molecule has 0 N–H and O–H groups in total. The highest BCUT2D eigenvalue weighted by Crippen LogP contribution is 2.39. The van der Waals surface area contributed by atoms with Gasteiger partial charge in [-0.1, -0.05) is 42.5 Å². The summed E-state index contributed by atoms with van der Waals surface area (Å²) in [6, 6.07) is 23.8. The Labute approximate surface area is 180 Å². The number of benzene rings is 3. The van der Waals surface area contributed by atoms with Crippen molar-refractivity contribution in [2.24, 2.45) is 4.99 Å². The highest BCUT2D eigenvalue weighted by Gasteiger charge is 2.35. The van der Waals surface area contributed by atoms with Gasteiger partial charge in [0.1, 0.15) is 11.9 Å². The summed E-state index contributed by atoms with van der Waals surface area (Å²) in [4.78, 5) is 4.14. The molecule has 0 saturated carbocycles. The lowest BCUT2D eigenvalue weighted by molar-refractivity contribution is 0.0479. The van der Waals surface area contributed by atoms with Crippen LogP contribution in [0, 0.1) is 22.8 Å². The molecule has 0 bridgehead atoms. The number of nitrogens with zero attached hydrogens (tertiary/aromatic N) is 3. The smallest absolute Gasteiger partial charge is 0.205 e. The van der Waals surface area contributed by atoms with Crippen LogP contribution in [0.25, 0.3) is 11.1 Å². The van der Waals surface area contributed by atoms with Crippen LogP contribution in [-0.4, -0.2) is 18.4 Å². The molecule has 2 atom stereocenters. The van der Waals surface area contributed by atoms with E-state index in [2.05, 4.69) is 23.2 Å². The van der Waals surface area contributed by atoms with Crippen LogP contribution in [0.5, 0.6) is 5.75 Å². The first-order chi connectivity index (χ1) is 15.3. The maximum Gasteiger partial charge on any atom is 0.205 e. The van der Waals surface area contributed by atoms with Crippen LogP contribution in [0.2, 0.25) is 0 Å². The summed E-state index contributed by atoms with van der Waals surface area (Å²) < 4.78 is 12.3. The molecule has 5 rings (SSSR count). The standard InChI is InChI=1S/C26H19N3O2/c27-13-17-4-3-6-18(10-17)19-8-9-25-22(11-19)24(29-16-28)12-26(31-25)23-15-30-14-20-5-1-2-7-21(20)23/h1-11,23,26H,12,14-15H2/b29-24+. The van der Waals surface area contributed by atoms with Gasteiger partial charge in [0.25, 0.3) is 0 Å². The molecule has 5 heteroatoms. The van der Waals surface area contributed by atoms with Crippen molar-refractivity contribution in [3.05, 3.63) is 89.0 Å². The Morgan fingerprint density at radius 2 is 1.81 bits per heavy atom. The topological polar surface area (TPSA) is 78.4 Å². The molecule has 0 fully saturated rings. The van der Waals surface area contributed by atoms with Crippen molar-refractivity contribution in [3.8, 4) is 29.1 Å². The SMILES string of the molecule is N#C/N=C1\CC(C2COCc3ccccc32)Oc2ccc(-c3cccc(C#N)c3)cc21. The summed E-state index contributed by atoms with van der Waals surface area (Å²) in [6.07, 6.45) is 2.33. The Kier molecular flexibility index (Phi) is 4.96. The first kappa shape index (κ1) is 19.1. The van der Waals surface area contributed by atoms with Crippen LogP contribution >= 0.6 is 0 Å². The largest absolute Gasteiger partial charge is 0.489 e. The van der Waals surface area contributed by atoms with Crippen molar-refractivity contribution in [2.75, 3.05) is 6.61 Å². The first-order valence-corrected chi connectivity index (χ1v) is 10.2. The van der Waals surface area contributed by atoms with Crippen molar-refractivity contribution in [2.45, 2.75) is 25.0 Å². The molecule has 3 aromatic rings. The molecule has 0 radical (unpaired) electrons. The van der Waals surface area contributed by atoms with Crippen molar-refractivity contribution in [1.29, 1.82) is 10.5 Å². The van der Waals surface area contributed by atoms with E-state index < -0.39 is 0 Å². The van der Waals surface area contributed by atoms with Crippen LogP contribution in [0.4, 0.5) is 0 Å². The fraction of sp³-hybridized carbons (Fsp3) is 0.192. The lowest BCUT2D eigenvalue weighted by Crippen LogP contribution is -2.37. The normalized spacial score (nSPS) is 20.6. The number of aliphatic imine (C=N–C) groups is 1. The Morgan fingerprint density at radius 1 is 0.935 bits per heavy atom. The van der Waals surface area contributed by atoms with Gasteiger partial charge in [-0.2, -0.15) is 15.5 Å². The third-order valence-corrected chi connectivity index (χ3v) is 5.93. The van der Waals surface area contributed by atoms with Gasteiger partial charge in [0.2, 0.25) is 6.19 Å². The van der Waals surface area contributed by atoms with E-state index in [1.165, 1.54) is 11.1 Å². The summed E-state index contributed by atoms with van der Waals surface area (Å²) in [5, 5.41) is 18.5. The lowest BCUT2D eigenvalue weighted by atomic mass is 9.84. The Morgan fingerprint density at radius 3 is 2.68 bits per heavy atom. The summed E-state index contributed by atoms with van der Waals surface area (Å²) in [5.74, 6) is 0.794. The van der Waals surface area contributed by atoms with Crippen molar-refractivity contribution < 1.29 is 9.47 Å². The molecule has 0 saturated heterocycles. The molecule has 0 aromatic heterocycles. The zero-order chi connectivity index (χ0) is 21.2. The van der Waals surface area contributed by atoms with Gasteiger partial charge in [-0.3, -0.25) is 0 Å². The summed E-state index contributed by atoms with van der Waals surface area (Å²) in [7, 11) is 0. The van der Waals surface area contributed by atoms with Crippen LogP contribution < -0.4 is 4.74 Å². The van der Waals surface area contributed by atoms with E-state index in [9.17, 15) is 10.5 Å². The minimum absolute atomic E-state index is 0.0778. The van der Waals surface area contributed by atoms with Gasteiger partial charge in [0, 0.05) is 17.9 Å². The number of ether oxygens (including phenoxy) is 2. The number of fused-ring (bicyclic) bond motifs is 2. The zero-order valence-corrected chi connectivity index (χ0v) is 16.8. The fourth-order valence-electron chi connectivity index (χ4n) is 4.42. The Balaban J connectivity index is 1.52. The molecule has 3 aromatic carbocycles. The third kappa shape index (κ3) is 3.57. The highest BCUT2D eigenvalue weighted by atomic mass is 16.5. The predicted molar refractivity (Wildman–Crippen MR) is 117 cm³/mol. The number of hydrogen-bond acceptors (Lipinski definition) is 5. The van der Waals surface area contributed by atoms with Gasteiger partial charge >= 0.3 is 0 Å². The fourth-order valence-corrected chi connectivity index (χ4v) is 4.42. The number of hydrogen-bond donors (Lipinski definition) is 0. The van der Waals surface area contributed by atoms with Gasteiger partial charge in [0.05, 0.1) is 30.6 Å². The van der Waals surface area contributed by atoms with E-state index in [1.54, 1.807) is 6.07 Å². The van der Waals surface area contributed by atoms with Crippen LogP contribution in [0.1, 0.15) is 34.6 Å². The molecule has 0 aliphatic carbocycles. The Bertz CT molecular complexity index is 1270. The van der Waals surface area contributed by atoms with E-state index >= 15 is 0 Å². The highest BCUT2D eigenvalue weighted by molar-refractivity contribution is 6.05. The van der Waals surface area contributed by atoms with Gasteiger partial charge in [-0.25, -0.2) is 0 Å². The van der Waals surface area contributed by atoms with E-state index in [1.807, 2.05) is 54.7 Å². The maximum absolute atomic E-state index is 9.31. The Hall–Kier alpha value is -3.93. The summed E-state index contributed by atoms with van der Waals surface area (Å²) >= 11 is 0. The molecule has 2 aliphatic rings. The van der Waals surface area contributed by atoms with Crippen molar-refractivity contribution in [3.63, 3.8) is 0 Å². The summed E-state index contributed by atoms with van der Waals surface area (Å²) in [6.45, 7) is 1.19. The minimum atomic E-state index is -0.159. The third-order valence-electron chi connectivity index (χ3n) is 5.93. The molecule has 0 amide bonds. The van der Waals surface area contributed by atoms with Crippen LogP contribution in [0.3, 0.4) is 0 Å². The second-order valence-electron chi connectivity index (χ2n) is 7.74. The molecule has 2 heterocycles. The van der Waals surface area contributed by atoms with Gasteiger partial charge < -0.3 is 9.47 Å². The van der Waals surface area contributed by atoms with Gasteiger partial charge in [-0.15, -0.1) is 0 Å². The van der Waals surface area contributed by atoms with Crippen LogP contribution in [0.15, 0.2) is 71.7 Å². The maximum atomic E-state index is 9.31. The zero-order valence-electron chi connectivity index (χ0n) is 16.8. The van der Waals surface area contributed by atoms with Gasteiger partial charge in [-0.05, 0) is 46.5 Å². The molecular weight excluding hydrogens is 386 g/mol. The van der Waals surface area contributed by atoms with Crippen molar-refractivity contribution >= 4 is 5.71 Å². The van der Waals surface area contributed by atoms with E-state index in [4.69, 9.17) is 9.47 Å². The van der Waals surface area contributed by atoms with E-state index in [0.29, 0.717) is 30.9 Å². The average molecular weight is 405 g/mol. The summed E-state index contributed by atoms with van der Waals surface area (Å²) in [5.41, 5.74) is 6.46. The molecule has 2 aliphatic heterocycles. The predicted octanol–water partition coefficient (Wildman–Crippen LogP) is 4.96.